The number of hydrogen-bond donors (Lipinski definition) is 2. The van der Waals surface area contributed by atoms with Gasteiger partial charge in [0.15, 0.2) is 5.11 Å². The minimum Gasteiger partial charge on any atom is -0.376 e. The third-order valence-electron chi connectivity index (χ3n) is 1.73. The molecule has 0 unspecified atom stereocenters. The highest BCUT2D eigenvalue weighted by atomic mass is 79.9. The maximum absolute atomic E-state index is 5.39. The molecule has 0 aromatic heterocycles. The number of rotatable bonds is 2. The molecule has 0 heterocycles. The van der Waals surface area contributed by atoms with E-state index in [4.69, 9.17) is 18.0 Å². The molecule has 2 nitrogen and oxygen atoms in total. The molecule has 0 aliphatic rings. The summed E-state index contributed by atoms with van der Waals surface area (Å²) in [7, 11) is 0. The molecule has 0 saturated heterocycles. The molecule has 0 radical (unpaired) electrons. The van der Waals surface area contributed by atoms with Crippen molar-refractivity contribution in [3.63, 3.8) is 0 Å². The highest BCUT2D eigenvalue weighted by Crippen LogP contribution is 2.22. The summed E-state index contributed by atoms with van der Waals surface area (Å²) in [5, 5.41) is 3.30. The normalized spacial score (nSPS) is 12.2. The molecule has 70 valence electrons. The number of nitrogens with two attached hydrogens (primary N) is 1. The van der Waals surface area contributed by atoms with Crippen molar-refractivity contribution in [2.75, 3.05) is 0 Å². The second-order valence-electron chi connectivity index (χ2n) is 2.75. The highest BCUT2D eigenvalue weighted by molar-refractivity contribution is 9.10. The topological polar surface area (TPSA) is 38.0 Å². The second-order valence-corrected chi connectivity index (χ2v) is 4.05. The average Bonchev–Trinajstić information content (AvgIpc) is 2.03. The van der Waals surface area contributed by atoms with E-state index in [1.54, 1.807) is 0 Å². The van der Waals surface area contributed by atoms with Crippen molar-refractivity contribution >= 4 is 33.3 Å². The molecule has 0 spiro atoms. The highest BCUT2D eigenvalue weighted by Gasteiger charge is 2.07. The fraction of sp³-hybridized carbons (Fsp3) is 0.222. The van der Waals surface area contributed by atoms with Gasteiger partial charge in [-0.2, -0.15) is 0 Å². The third-order valence-corrected chi connectivity index (χ3v) is 2.57. The van der Waals surface area contributed by atoms with Gasteiger partial charge in [-0.1, -0.05) is 34.1 Å². The summed E-state index contributed by atoms with van der Waals surface area (Å²) in [6.45, 7) is 2.01. The fourth-order valence-corrected chi connectivity index (χ4v) is 1.92. The molecule has 0 amide bonds. The molecule has 4 heteroatoms. The van der Waals surface area contributed by atoms with Crippen LogP contribution in [0.5, 0.6) is 0 Å². The van der Waals surface area contributed by atoms with Crippen molar-refractivity contribution in [2.45, 2.75) is 13.0 Å². The summed E-state index contributed by atoms with van der Waals surface area (Å²) in [6.07, 6.45) is 0. The van der Waals surface area contributed by atoms with Crippen LogP contribution >= 0.6 is 28.1 Å². The summed E-state index contributed by atoms with van der Waals surface area (Å²) in [6, 6.07) is 8.11. The molecule has 0 aliphatic heterocycles. The van der Waals surface area contributed by atoms with Gasteiger partial charge in [-0.25, -0.2) is 0 Å². The Hall–Kier alpha value is -0.610. The fourth-order valence-electron chi connectivity index (χ4n) is 1.12. The first-order chi connectivity index (χ1) is 6.11. The number of thiocarbonyl (C=S) groups is 1. The van der Waals surface area contributed by atoms with Crippen molar-refractivity contribution in [3.8, 4) is 0 Å². The molecule has 3 N–H and O–H groups in total. The molecule has 1 rings (SSSR count). The third kappa shape index (κ3) is 2.97. The maximum Gasteiger partial charge on any atom is 0.164 e. The first kappa shape index (κ1) is 10.5. The van der Waals surface area contributed by atoms with Crippen molar-refractivity contribution in [1.29, 1.82) is 0 Å². The number of benzene rings is 1. The minimum absolute atomic E-state index is 0.132. The zero-order valence-electron chi connectivity index (χ0n) is 7.25. The van der Waals surface area contributed by atoms with Crippen LogP contribution in [0.15, 0.2) is 28.7 Å². The summed E-state index contributed by atoms with van der Waals surface area (Å²) in [5.74, 6) is 0. The van der Waals surface area contributed by atoms with Gasteiger partial charge in [0.1, 0.15) is 0 Å². The summed E-state index contributed by atoms with van der Waals surface area (Å²) in [5.41, 5.74) is 6.53. The Balaban J connectivity index is 2.82. The van der Waals surface area contributed by atoms with Gasteiger partial charge in [0.25, 0.3) is 0 Å². The van der Waals surface area contributed by atoms with E-state index in [0.717, 1.165) is 10.0 Å². The Kier molecular flexibility index (Phi) is 3.69. The van der Waals surface area contributed by atoms with Gasteiger partial charge >= 0.3 is 0 Å². The van der Waals surface area contributed by atoms with Crippen molar-refractivity contribution in [2.24, 2.45) is 5.73 Å². The van der Waals surface area contributed by atoms with Crippen LogP contribution in [0.4, 0.5) is 0 Å². The standard InChI is InChI=1S/C9H11BrN2S/c1-6(12-9(11)13)7-4-2-3-5-8(7)10/h2-6H,1H3,(H3,11,12,13)/t6-/m0/s1. The maximum atomic E-state index is 5.39. The molecular weight excluding hydrogens is 248 g/mol. The lowest BCUT2D eigenvalue weighted by atomic mass is 10.1. The van der Waals surface area contributed by atoms with E-state index in [9.17, 15) is 0 Å². The smallest absolute Gasteiger partial charge is 0.164 e. The van der Waals surface area contributed by atoms with Crippen molar-refractivity contribution in [1.82, 2.24) is 5.32 Å². The second kappa shape index (κ2) is 4.58. The Morgan fingerprint density at radius 1 is 1.54 bits per heavy atom. The summed E-state index contributed by atoms with van der Waals surface area (Å²) < 4.78 is 1.06. The number of hydrogen-bond acceptors (Lipinski definition) is 1. The molecule has 1 atom stereocenters. The van der Waals surface area contributed by atoms with E-state index >= 15 is 0 Å². The van der Waals surface area contributed by atoms with Gasteiger partial charge in [0.05, 0.1) is 6.04 Å². The Labute approximate surface area is 91.6 Å². The molecule has 1 aromatic carbocycles. The Bertz CT molecular complexity index is 314. The van der Waals surface area contributed by atoms with Gasteiger partial charge in [0.2, 0.25) is 0 Å². The van der Waals surface area contributed by atoms with E-state index in [2.05, 4.69) is 21.2 Å². The molecule has 0 bridgehead atoms. The zero-order valence-corrected chi connectivity index (χ0v) is 9.65. The number of halogens is 1. The lowest BCUT2D eigenvalue weighted by molar-refractivity contribution is 0.716. The van der Waals surface area contributed by atoms with Crippen molar-refractivity contribution < 1.29 is 0 Å². The summed E-state index contributed by atoms with van der Waals surface area (Å²) in [4.78, 5) is 0. The lowest BCUT2D eigenvalue weighted by Crippen LogP contribution is -2.31. The zero-order chi connectivity index (χ0) is 9.84. The monoisotopic (exact) mass is 258 g/mol. The van der Waals surface area contributed by atoms with Crippen LogP contribution in [-0.2, 0) is 0 Å². The quantitative estimate of drug-likeness (QED) is 0.800. The van der Waals surface area contributed by atoms with Crippen LogP contribution in [0.3, 0.4) is 0 Å². The average molecular weight is 259 g/mol. The van der Waals surface area contributed by atoms with Crippen LogP contribution in [0, 0.1) is 0 Å². The predicted molar refractivity (Wildman–Crippen MR) is 62.5 cm³/mol. The largest absolute Gasteiger partial charge is 0.376 e. The van der Waals surface area contributed by atoms with Gasteiger partial charge in [-0.05, 0) is 30.8 Å². The van der Waals surface area contributed by atoms with Crippen LogP contribution in [-0.4, -0.2) is 5.11 Å². The van der Waals surface area contributed by atoms with Gasteiger partial charge in [-0.3, -0.25) is 0 Å². The lowest BCUT2D eigenvalue weighted by Gasteiger charge is -2.15. The van der Waals surface area contributed by atoms with E-state index in [1.807, 2.05) is 31.2 Å². The van der Waals surface area contributed by atoms with E-state index in [-0.39, 0.29) is 6.04 Å². The SMILES string of the molecule is C[C@H](NC(N)=S)c1ccccc1Br. The van der Waals surface area contributed by atoms with E-state index in [0.29, 0.717) is 5.11 Å². The number of nitrogens with one attached hydrogen (secondary N) is 1. The molecular formula is C9H11BrN2S. The molecule has 1 aromatic rings. The predicted octanol–water partition coefficient (Wildman–Crippen LogP) is 2.34. The van der Waals surface area contributed by atoms with Gasteiger partial charge < -0.3 is 11.1 Å². The molecule has 0 aliphatic carbocycles. The molecule has 13 heavy (non-hydrogen) atoms. The molecule has 0 saturated carbocycles. The van der Waals surface area contributed by atoms with Gasteiger partial charge in [0, 0.05) is 4.47 Å². The first-order valence-corrected chi connectivity index (χ1v) is 5.12. The Morgan fingerprint density at radius 3 is 2.69 bits per heavy atom. The minimum atomic E-state index is 0.132. The van der Waals surface area contributed by atoms with Crippen LogP contribution in [0.1, 0.15) is 18.5 Å². The van der Waals surface area contributed by atoms with Crippen LogP contribution in [0.25, 0.3) is 0 Å². The first-order valence-electron chi connectivity index (χ1n) is 3.91. The van der Waals surface area contributed by atoms with E-state index < -0.39 is 0 Å². The summed E-state index contributed by atoms with van der Waals surface area (Å²) >= 11 is 8.23. The van der Waals surface area contributed by atoms with Gasteiger partial charge in [-0.15, -0.1) is 0 Å². The van der Waals surface area contributed by atoms with Crippen LogP contribution in [0.2, 0.25) is 0 Å². The van der Waals surface area contributed by atoms with Crippen molar-refractivity contribution in [3.05, 3.63) is 34.3 Å². The van der Waals surface area contributed by atoms with E-state index in [1.165, 1.54) is 0 Å². The Morgan fingerprint density at radius 2 is 2.15 bits per heavy atom. The van der Waals surface area contributed by atoms with Crippen LogP contribution < -0.4 is 11.1 Å². The molecule has 0 fully saturated rings.